The molecule has 0 aliphatic rings. The highest BCUT2D eigenvalue weighted by Crippen LogP contribution is 2.06. The molecule has 0 aliphatic heterocycles. The van der Waals surface area contributed by atoms with Gasteiger partial charge in [0, 0.05) is 21.3 Å². The molecule has 0 unspecified atom stereocenters. The van der Waals surface area contributed by atoms with Gasteiger partial charge in [0.05, 0.1) is 0 Å². The fourth-order valence-electron chi connectivity index (χ4n) is 0.472. The van der Waals surface area contributed by atoms with Gasteiger partial charge in [0.1, 0.15) is 0 Å². The Morgan fingerprint density at radius 2 is 1.45 bits per heavy atom. The van der Waals surface area contributed by atoms with Gasteiger partial charge in [-0.3, -0.25) is 0 Å². The van der Waals surface area contributed by atoms with E-state index in [1.165, 1.54) is 0 Å². The van der Waals surface area contributed by atoms with Crippen LogP contribution in [0.5, 0.6) is 0 Å². The third-order valence-corrected chi connectivity index (χ3v) is 6.05. The van der Waals surface area contributed by atoms with Gasteiger partial charge in [-0.15, -0.1) is 0 Å². The molecule has 0 amide bonds. The van der Waals surface area contributed by atoms with Crippen LogP contribution in [0, 0.1) is 0 Å². The molecule has 0 aromatic carbocycles. The Balaban J connectivity index is 3.79. The third-order valence-electron chi connectivity index (χ3n) is 1.26. The van der Waals surface area contributed by atoms with E-state index in [4.69, 9.17) is 17.4 Å². The van der Waals surface area contributed by atoms with Gasteiger partial charge in [-0.05, 0) is 13.1 Å². The van der Waals surface area contributed by atoms with E-state index in [1.54, 1.807) is 21.3 Å². The van der Waals surface area contributed by atoms with Crippen molar-refractivity contribution in [1.29, 1.82) is 0 Å². The van der Waals surface area contributed by atoms with Crippen LogP contribution in [0.1, 0.15) is 0 Å². The molecule has 0 atom stereocenters. The molecule has 0 spiro atoms. The molecule has 0 fully saturated rings. The molecule has 0 heterocycles. The van der Waals surface area contributed by atoms with Gasteiger partial charge in [-0.25, -0.2) is 0 Å². The van der Waals surface area contributed by atoms with Gasteiger partial charge in [0.25, 0.3) is 0 Å². The molecule has 0 rings (SSSR count). The highest BCUT2D eigenvalue weighted by molar-refractivity contribution is 6.70. The second kappa shape index (κ2) is 5.01. The monoisotopic (exact) mass is 196 g/mol. The highest BCUT2D eigenvalue weighted by Gasteiger charge is 2.28. The molecular formula is C5H16O4Si2. The van der Waals surface area contributed by atoms with E-state index in [-0.39, 0.29) is 0 Å². The Labute approximate surface area is 70.6 Å². The maximum absolute atomic E-state index is 5.50. The molecule has 0 radical (unpaired) electrons. The van der Waals surface area contributed by atoms with Gasteiger partial charge in [-0.1, -0.05) is 0 Å². The van der Waals surface area contributed by atoms with Crippen molar-refractivity contribution in [1.82, 2.24) is 0 Å². The zero-order chi connectivity index (χ0) is 8.91. The fourth-order valence-corrected chi connectivity index (χ4v) is 3.67. The fraction of sp³-hybridized carbons (Fsp3) is 1.00. The summed E-state index contributed by atoms with van der Waals surface area (Å²) in [6.07, 6.45) is 0. The lowest BCUT2D eigenvalue weighted by Gasteiger charge is -2.23. The summed E-state index contributed by atoms with van der Waals surface area (Å²) in [6, 6.07) is 0. The van der Waals surface area contributed by atoms with Gasteiger partial charge in [0.2, 0.25) is 0 Å². The van der Waals surface area contributed by atoms with Crippen LogP contribution >= 0.6 is 0 Å². The average molecular weight is 196 g/mol. The summed E-state index contributed by atoms with van der Waals surface area (Å²) < 4.78 is 20.6. The van der Waals surface area contributed by atoms with E-state index in [9.17, 15) is 0 Å². The predicted molar refractivity (Wildman–Crippen MR) is 46.7 cm³/mol. The molecule has 68 valence electrons. The lowest BCUT2D eigenvalue weighted by molar-refractivity contribution is 0.174. The molecule has 0 N–H and O–H groups in total. The summed E-state index contributed by atoms with van der Waals surface area (Å²) in [6.45, 7) is 3.90. The average Bonchev–Trinajstić information content (AvgIpc) is 2.00. The SMILES string of the molecule is CO[SiH](OC)O[Si](C)(C)OC. The van der Waals surface area contributed by atoms with Crippen LogP contribution < -0.4 is 0 Å². The molecule has 0 saturated heterocycles. The van der Waals surface area contributed by atoms with Crippen molar-refractivity contribution < 1.29 is 17.4 Å². The van der Waals surface area contributed by atoms with Gasteiger partial charge >= 0.3 is 18.1 Å². The van der Waals surface area contributed by atoms with E-state index in [2.05, 4.69) is 0 Å². The summed E-state index contributed by atoms with van der Waals surface area (Å²) >= 11 is 0. The van der Waals surface area contributed by atoms with Crippen LogP contribution in [0.3, 0.4) is 0 Å². The number of rotatable bonds is 5. The number of hydrogen-bond donors (Lipinski definition) is 0. The molecule has 0 bridgehead atoms. The molecule has 0 aliphatic carbocycles. The molecule has 0 aromatic heterocycles. The standard InChI is InChI=1S/C5H16O4Si2/c1-6-10(7-2)9-11(4,5)8-3/h10H,1-5H3. The minimum atomic E-state index is -1.97. The van der Waals surface area contributed by atoms with Crippen molar-refractivity contribution in [2.24, 2.45) is 0 Å². The lowest BCUT2D eigenvalue weighted by Crippen LogP contribution is -2.42. The largest absolute Gasteiger partial charge is 0.474 e. The minimum absolute atomic E-state index is 1.58. The summed E-state index contributed by atoms with van der Waals surface area (Å²) in [7, 11) is 0.941. The molecule has 11 heavy (non-hydrogen) atoms. The smallest absolute Gasteiger partial charge is 0.398 e. The predicted octanol–water partition coefficient (Wildman–Crippen LogP) is 0.361. The Morgan fingerprint density at radius 3 is 1.73 bits per heavy atom. The first kappa shape index (κ1) is 11.3. The first-order chi connectivity index (χ1) is 5.05. The third kappa shape index (κ3) is 4.67. The lowest BCUT2D eigenvalue weighted by atomic mass is 11.8. The van der Waals surface area contributed by atoms with Crippen LogP contribution in [-0.2, 0) is 17.4 Å². The van der Waals surface area contributed by atoms with Crippen molar-refractivity contribution in [3.63, 3.8) is 0 Å². The summed E-state index contributed by atoms with van der Waals surface area (Å²) in [4.78, 5) is 0. The Hall–Kier alpha value is 0.274. The van der Waals surface area contributed by atoms with Crippen LogP contribution in [-0.4, -0.2) is 39.4 Å². The van der Waals surface area contributed by atoms with E-state index in [0.29, 0.717) is 0 Å². The Morgan fingerprint density at radius 1 is 1.00 bits per heavy atom. The number of hydrogen-bond acceptors (Lipinski definition) is 4. The van der Waals surface area contributed by atoms with Gasteiger partial charge < -0.3 is 17.4 Å². The molecular weight excluding hydrogens is 180 g/mol. The quantitative estimate of drug-likeness (QED) is 0.595. The Kier molecular flexibility index (Phi) is 5.14. The normalized spacial score (nSPS) is 12.5. The van der Waals surface area contributed by atoms with E-state index in [1.807, 2.05) is 13.1 Å². The maximum atomic E-state index is 5.50. The van der Waals surface area contributed by atoms with Crippen molar-refractivity contribution >= 4 is 18.1 Å². The van der Waals surface area contributed by atoms with Gasteiger partial charge in [-0.2, -0.15) is 0 Å². The molecule has 0 saturated carbocycles. The second-order valence-electron chi connectivity index (χ2n) is 2.48. The first-order valence-corrected chi connectivity index (χ1v) is 7.57. The van der Waals surface area contributed by atoms with E-state index < -0.39 is 18.1 Å². The second-order valence-corrected chi connectivity index (χ2v) is 8.15. The van der Waals surface area contributed by atoms with Crippen molar-refractivity contribution in [3.8, 4) is 0 Å². The zero-order valence-electron chi connectivity index (χ0n) is 7.71. The summed E-state index contributed by atoms with van der Waals surface area (Å²) in [5.41, 5.74) is 0. The van der Waals surface area contributed by atoms with Crippen molar-refractivity contribution in [3.05, 3.63) is 0 Å². The van der Waals surface area contributed by atoms with Crippen molar-refractivity contribution in [2.75, 3.05) is 21.3 Å². The first-order valence-electron chi connectivity index (χ1n) is 3.34. The van der Waals surface area contributed by atoms with Crippen LogP contribution in [0.2, 0.25) is 13.1 Å². The highest BCUT2D eigenvalue weighted by atomic mass is 28.4. The topological polar surface area (TPSA) is 36.9 Å². The van der Waals surface area contributed by atoms with Crippen LogP contribution in [0.25, 0.3) is 0 Å². The molecule has 4 nitrogen and oxygen atoms in total. The van der Waals surface area contributed by atoms with E-state index >= 15 is 0 Å². The summed E-state index contributed by atoms with van der Waals surface area (Å²) in [5, 5.41) is 0. The molecule has 0 aromatic rings. The van der Waals surface area contributed by atoms with Crippen LogP contribution in [0.15, 0.2) is 0 Å². The van der Waals surface area contributed by atoms with Crippen molar-refractivity contribution in [2.45, 2.75) is 13.1 Å². The van der Waals surface area contributed by atoms with Gasteiger partial charge in [0.15, 0.2) is 0 Å². The minimum Gasteiger partial charge on any atom is -0.398 e. The van der Waals surface area contributed by atoms with Crippen LogP contribution in [0.4, 0.5) is 0 Å². The Bertz CT molecular complexity index is 105. The van der Waals surface area contributed by atoms with E-state index in [0.717, 1.165) is 0 Å². The summed E-state index contributed by atoms with van der Waals surface area (Å²) in [5.74, 6) is 0. The molecule has 6 heteroatoms. The zero-order valence-corrected chi connectivity index (χ0v) is 9.87. The maximum Gasteiger partial charge on any atom is 0.474 e.